The van der Waals surface area contributed by atoms with Crippen molar-refractivity contribution in [3.05, 3.63) is 59.9 Å². The van der Waals surface area contributed by atoms with Gasteiger partial charge in [0.15, 0.2) is 0 Å². The van der Waals surface area contributed by atoms with Gasteiger partial charge in [0.05, 0.1) is 17.9 Å². The van der Waals surface area contributed by atoms with Gasteiger partial charge in [0.1, 0.15) is 12.4 Å². The van der Waals surface area contributed by atoms with E-state index < -0.39 is 17.7 Å². The summed E-state index contributed by atoms with van der Waals surface area (Å²) in [6, 6.07) is 11.7. The van der Waals surface area contributed by atoms with E-state index in [9.17, 15) is 18.8 Å². The summed E-state index contributed by atoms with van der Waals surface area (Å²) in [5.74, 6) is -1.86. The summed E-state index contributed by atoms with van der Waals surface area (Å²) in [4.78, 5) is 37.4. The van der Waals surface area contributed by atoms with Gasteiger partial charge >= 0.3 is 5.97 Å². The first-order valence-corrected chi connectivity index (χ1v) is 8.02. The highest BCUT2D eigenvalue weighted by atomic mass is 19.1. The van der Waals surface area contributed by atoms with E-state index >= 15 is 0 Å². The molecule has 2 aromatic carbocycles. The number of amides is 2. The minimum atomic E-state index is -0.551. The van der Waals surface area contributed by atoms with Gasteiger partial charge in [-0.15, -0.1) is 0 Å². The van der Waals surface area contributed by atoms with Crippen LogP contribution in [0.25, 0.3) is 0 Å². The molecule has 136 valence electrons. The molecule has 1 N–H and O–H groups in total. The maximum absolute atomic E-state index is 13.1. The van der Waals surface area contributed by atoms with E-state index in [1.807, 2.05) is 0 Å². The fourth-order valence-electron chi connectivity index (χ4n) is 2.32. The number of anilines is 2. The number of nitrogens with zero attached hydrogens (tertiary/aromatic N) is 1. The van der Waals surface area contributed by atoms with Gasteiger partial charge in [-0.3, -0.25) is 9.59 Å². The number of ether oxygens (including phenoxy) is 1. The average Bonchev–Trinajstić information content (AvgIpc) is 2.61. The van der Waals surface area contributed by atoms with Crippen molar-refractivity contribution < 1.29 is 23.5 Å². The molecule has 0 bridgehead atoms. The maximum atomic E-state index is 13.1. The topological polar surface area (TPSA) is 75.7 Å². The molecule has 0 fully saturated rings. The number of esters is 1. The molecule has 2 rings (SSSR count). The van der Waals surface area contributed by atoms with Crippen LogP contribution in [0.1, 0.15) is 24.2 Å². The van der Waals surface area contributed by atoms with Crippen LogP contribution in [0.15, 0.2) is 48.5 Å². The van der Waals surface area contributed by atoms with Crippen molar-refractivity contribution in [2.75, 3.05) is 23.4 Å². The summed E-state index contributed by atoms with van der Waals surface area (Å²) in [6.45, 7) is 2.93. The van der Waals surface area contributed by atoms with E-state index in [-0.39, 0.29) is 24.6 Å². The molecule has 0 aromatic heterocycles. The molecular weight excluding hydrogens is 339 g/mol. The number of carbonyl (C=O) groups excluding carboxylic acids is 3. The van der Waals surface area contributed by atoms with E-state index in [1.165, 1.54) is 42.2 Å². The van der Waals surface area contributed by atoms with E-state index in [2.05, 4.69) is 5.32 Å². The summed E-state index contributed by atoms with van der Waals surface area (Å²) in [6.07, 6.45) is 0. The molecule has 0 heterocycles. The molecule has 0 unspecified atom stereocenters. The summed E-state index contributed by atoms with van der Waals surface area (Å²) in [7, 11) is 0. The lowest BCUT2D eigenvalue weighted by Crippen LogP contribution is -2.36. The Hall–Kier alpha value is -3.22. The lowest BCUT2D eigenvalue weighted by Gasteiger charge is -2.21. The first kappa shape index (κ1) is 19.1. The molecule has 0 saturated heterocycles. The molecular formula is C19H19FN2O4. The minimum Gasteiger partial charge on any atom is -0.462 e. The molecule has 0 saturated carbocycles. The molecule has 0 radical (unpaired) electrons. The van der Waals surface area contributed by atoms with Gasteiger partial charge in [0.25, 0.3) is 0 Å². The van der Waals surface area contributed by atoms with Gasteiger partial charge in [0.2, 0.25) is 11.8 Å². The second-order valence-corrected chi connectivity index (χ2v) is 5.40. The van der Waals surface area contributed by atoms with Gasteiger partial charge < -0.3 is 15.0 Å². The standard InChI is InChI=1S/C19H19FN2O4/c1-3-26-19(25)16-6-4-5-7-17(16)21-18(24)12-22(13(2)23)15-10-8-14(20)9-11-15/h4-11H,3,12H2,1-2H3,(H,21,24). The summed E-state index contributed by atoms with van der Waals surface area (Å²) in [5, 5.41) is 2.61. The van der Waals surface area contributed by atoms with Crippen molar-refractivity contribution in [1.29, 1.82) is 0 Å². The Balaban J connectivity index is 2.15. The van der Waals surface area contributed by atoms with Gasteiger partial charge in [-0.2, -0.15) is 0 Å². The molecule has 7 heteroatoms. The van der Waals surface area contributed by atoms with Crippen molar-refractivity contribution in [1.82, 2.24) is 0 Å². The third kappa shape index (κ3) is 4.89. The van der Waals surface area contributed by atoms with Gasteiger partial charge in [-0.25, -0.2) is 9.18 Å². The second kappa shape index (κ2) is 8.75. The first-order chi connectivity index (χ1) is 12.4. The zero-order valence-corrected chi connectivity index (χ0v) is 14.5. The Morgan fingerprint density at radius 3 is 2.35 bits per heavy atom. The molecule has 2 amide bonds. The number of hydrogen-bond acceptors (Lipinski definition) is 4. The largest absolute Gasteiger partial charge is 0.462 e. The predicted octanol–water partition coefficient (Wildman–Crippen LogP) is 2.99. The van der Waals surface area contributed by atoms with Crippen LogP contribution < -0.4 is 10.2 Å². The summed E-state index contributed by atoms with van der Waals surface area (Å²) < 4.78 is 18.0. The third-order valence-corrected chi connectivity index (χ3v) is 3.52. The molecule has 0 aliphatic carbocycles. The molecule has 0 aliphatic heterocycles. The number of benzene rings is 2. The van der Waals surface area contributed by atoms with Crippen LogP contribution in [0.4, 0.5) is 15.8 Å². The Kier molecular flexibility index (Phi) is 6.43. The van der Waals surface area contributed by atoms with Crippen LogP contribution in [0.5, 0.6) is 0 Å². The molecule has 0 spiro atoms. The van der Waals surface area contributed by atoms with Crippen LogP contribution in [-0.4, -0.2) is 30.9 Å². The highest BCUT2D eigenvalue weighted by Gasteiger charge is 2.18. The number of para-hydroxylation sites is 1. The molecule has 0 aliphatic rings. The lowest BCUT2D eigenvalue weighted by molar-refractivity contribution is -0.120. The molecule has 6 nitrogen and oxygen atoms in total. The average molecular weight is 358 g/mol. The van der Waals surface area contributed by atoms with Crippen molar-refractivity contribution in [3.63, 3.8) is 0 Å². The lowest BCUT2D eigenvalue weighted by atomic mass is 10.1. The van der Waals surface area contributed by atoms with Crippen molar-refractivity contribution in [2.24, 2.45) is 0 Å². The smallest absolute Gasteiger partial charge is 0.340 e. The fraction of sp³-hybridized carbons (Fsp3) is 0.211. The minimum absolute atomic E-state index is 0.212. The summed E-state index contributed by atoms with van der Waals surface area (Å²) >= 11 is 0. The highest BCUT2D eigenvalue weighted by molar-refractivity contribution is 6.05. The van der Waals surface area contributed by atoms with Crippen LogP contribution in [0.3, 0.4) is 0 Å². The Morgan fingerprint density at radius 1 is 1.08 bits per heavy atom. The first-order valence-electron chi connectivity index (χ1n) is 8.02. The van der Waals surface area contributed by atoms with E-state index in [1.54, 1.807) is 25.1 Å². The zero-order chi connectivity index (χ0) is 19.1. The van der Waals surface area contributed by atoms with Crippen LogP contribution in [-0.2, 0) is 14.3 Å². The predicted molar refractivity (Wildman–Crippen MR) is 95.5 cm³/mol. The van der Waals surface area contributed by atoms with Gasteiger partial charge in [0, 0.05) is 12.6 Å². The molecule has 2 aromatic rings. The SMILES string of the molecule is CCOC(=O)c1ccccc1NC(=O)CN(C(C)=O)c1ccc(F)cc1. The van der Waals surface area contributed by atoms with Crippen molar-refractivity contribution in [3.8, 4) is 0 Å². The quantitative estimate of drug-likeness (QED) is 0.806. The Bertz CT molecular complexity index is 805. The number of carbonyl (C=O) groups is 3. The number of hydrogen-bond donors (Lipinski definition) is 1. The molecule has 26 heavy (non-hydrogen) atoms. The zero-order valence-electron chi connectivity index (χ0n) is 14.5. The van der Waals surface area contributed by atoms with E-state index in [0.29, 0.717) is 11.4 Å². The van der Waals surface area contributed by atoms with Crippen LogP contribution in [0, 0.1) is 5.82 Å². The van der Waals surface area contributed by atoms with E-state index in [4.69, 9.17) is 4.74 Å². The van der Waals surface area contributed by atoms with Crippen molar-refractivity contribution in [2.45, 2.75) is 13.8 Å². The van der Waals surface area contributed by atoms with Crippen molar-refractivity contribution >= 4 is 29.2 Å². The monoisotopic (exact) mass is 358 g/mol. The van der Waals surface area contributed by atoms with E-state index in [0.717, 1.165) is 0 Å². The molecule has 0 atom stereocenters. The van der Waals surface area contributed by atoms with Gasteiger partial charge in [-0.05, 0) is 43.3 Å². The maximum Gasteiger partial charge on any atom is 0.340 e. The second-order valence-electron chi connectivity index (χ2n) is 5.40. The number of halogens is 1. The third-order valence-electron chi connectivity index (χ3n) is 3.52. The number of nitrogens with one attached hydrogen (secondary N) is 1. The fourth-order valence-corrected chi connectivity index (χ4v) is 2.32. The highest BCUT2D eigenvalue weighted by Crippen LogP contribution is 2.18. The number of rotatable bonds is 6. The Morgan fingerprint density at radius 2 is 1.73 bits per heavy atom. The van der Waals surface area contributed by atoms with Crippen LogP contribution >= 0.6 is 0 Å². The normalized spacial score (nSPS) is 10.1. The Labute approximate surface area is 150 Å². The summed E-state index contributed by atoms with van der Waals surface area (Å²) in [5.41, 5.74) is 0.908. The van der Waals surface area contributed by atoms with Crippen LogP contribution in [0.2, 0.25) is 0 Å². The van der Waals surface area contributed by atoms with Gasteiger partial charge in [-0.1, -0.05) is 12.1 Å².